The van der Waals surface area contributed by atoms with Crippen molar-refractivity contribution in [3.05, 3.63) is 89.3 Å². The lowest BCUT2D eigenvalue weighted by Crippen LogP contribution is -2.41. The molecule has 0 spiro atoms. The number of amides is 2. The van der Waals surface area contributed by atoms with Crippen LogP contribution in [0.3, 0.4) is 0 Å². The van der Waals surface area contributed by atoms with Crippen LogP contribution in [0.15, 0.2) is 69.6 Å². The molecule has 0 aliphatic carbocycles. The average Bonchev–Trinajstić information content (AvgIpc) is 3.62. The van der Waals surface area contributed by atoms with Crippen molar-refractivity contribution in [2.24, 2.45) is 0 Å². The zero-order valence-electron chi connectivity index (χ0n) is 25.7. The van der Waals surface area contributed by atoms with Crippen LogP contribution in [0.5, 0.6) is 0 Å². The van der Waals surface area contributed by atoms with E-state index in [1.54, 1.807) is 51.1 Å². The van der Waals surface area contributed by atoms with Gasteiger partial charge in [0.15, 0.2) is 5.82 Å². The molecule has 46 heavy (non-hydrogen) atoms. The molecular weight excluding hydrogens is 617 g/mol. The summed E-state index contributed by atoms with van der Waals surface area (Å²) in [7, 11) is -2.48. The second-order valence-electron chi connectivity index (χ2n) is 11.1. The summed E-state index contributed by atoms with van der Waals surface area (Å²) in [5.74, 6) is -0.644. The number of aromatic nitrogens is 2. The molecule has 5 rings (SSSR count). The number of aliphatic hydroxyl groups is 1. The lowest BCUT2D eigenvalue weighted by Gasteiger charge is -2.25. The Morgan fingerprint density at radius 2 is 1.76 bits per heavy atom. The number of anilines is 1. The van der Waals surface area contributed by atoms with Crippen LogP contribution in [0.4, 0.5) is 10.1 Å². The first-order valence-electron chi connectivity index (χ1n) is 14.1. The van der Waals surface area contributed by atoms with Crippen LogP contribution in [0, 0.1) is 12.7 Å². The normalized spacial score (nSPS) is 11.9. The third-order valence-electron chi connectivity index (χ3n) is 7.26. The molecule has 3 N–H and O–H groups in total. The largest absolute Gasteiger partial charge is 0.455 e. The number of nitrogens with one attached hydrogen (secondary N) is 2. The van der Waals surface area contributed by atoms with E-state index in [-0.39, 0.29) is 40.6 Å². The highest BCUT2D eigenvalue weighted by Gasteiger charge is 2.31. The first kappa shape index (κ1) is 32.3. The van der Waals surface area contributed by atoms with E-state index in [1.165, 1.54) is 37.4 Å². The highest BCUT2D eigenvalue weighted by atomic mass is 32.2. The van der Waals surface area contributed by atoms with E-state index in [2.05, 4.69) is 20.8 Å². The molecule has 0 atom stereocenters. The molecule has 12 nitrogen and oxygen atoms in total. The number of carbonyl (C=O) groups excluding carboxylic acids is 2. The van der Waals surface area contributed by atoms with Crippen molar-refractivity contribution >= 4 is 38.5 Å². The molecule has 0 saturated heterocycles. The zero-order chi connectivity index (χ0) is 33.4. The van der Waals surface area contributed by atoms with E-state index < -0.39 is 39.8 Å². The molecule has 2 amide bonds. The molecule has 0 fully saturated rings. The van der Waals surface area contributed by atoms with Gasteiger partial charge in [-0.15, -0.1) is 0 Å². The fourth-order valence-corrected chi connectivity index (χ4v) is 5.99. The van der Waals surface area contributed by atoms with Gasteiger partial charge in [0.1, 0.15) is 22.7 Å². The minimum Gasteiger partial charge on any atom is -0.455 e. The molecule has 3 aromatic carbocycles. The Labute approximate surface area is 264 Å². The first-order chi connectivity index (χ1) is 21.7. The number of fused-ring (bicyclic) bond motifs is 1. The highest BCUT2D eigenvalue weighted by Crippen LogP contribution is 2.42. The van der Waals surface area contributed by atoms with Crippen LogP contribution in [0.25, 0.3) is 33.4 Å². The minimum atomic E-state index is -3.93. The molecule has 240 valence electrons. The molecule has 0 bridgehead atoms. The number of furan rings is 1. The van der Waals surface area contributed by atoms with E-state index in [4.69, 9.17) is 8.94 Å². The monoisotopic (exact) mass is 649 g/mol. The number of hydrogen-bond acceptors (Lipinski definition) is 9. The Kier molecular flexibility index (Phi) is 8.69. The number of benzene rings is 3. The number of carbonyl (C=O) groups is 2. The van der Waals surface area contributed by atoms with Gasteiger partial charge < -0.3 is 24.7 Å². The molecule has 0 aliphatic heterocycles. The third kappa shape index (κ3) is 6.34. The average molecular weight is 650 g/mol. The fourth-order valence-electron chi connectivity index (χ4n) is 5.07. The lowest BCUT2D eigenvalue weighted by molar-refractivity contribution is 0.0893. The van der Waals surface area contributed by atoms with Gasteiger partial charge in [-0.3, -0.25) is 13.9 Å². The Morgan fingerprint density at radius 1 is 1.04 bits per heavy atom. The standard InChI is InChI=1S/C32H32FN5O7S/c1-18-35-31(45-37-18)32(2,3)36-29(40)21-8-6-7-20(15-21)23-16-24-26(17-25(23)38(13-14-39)46(5,42)43)44-28(27(24)30(41)34-4)19-9-11-22(33)12-10-19/h6-12,15-17,39H,13-14H2,1-5H3,(H,34,41)(H,36,40). The molecule has 0 unspecified atom stereocenters. The molecule has 2 heterocycles. The second-order valence-corrected chi connectivity index (χ2v) is 13.0. The van der Waals surface area contributed by atoms with Crippen LogP contribution >= 0.6 is 0 Å². The predicted molar refractivity (Wildman–Crippen MR) is 169 cm³/mol. The topological polar surface area (TPSA) is 168 Å². The van der Waals surface area contributed by atoms with Gasteiger partial charge in [-0.2, -0.15) is 4.98 Å². The molecular formula is C32H32FN5O7S. The molecule has 0 radical (unpaired) electrons. The van der Waals surface area contributed by atoms with Crippen LogP contribution < -0.4 is 14.9 Å². The summed E-state index contributed by atoms with van der Waals surface area (Å²) in [5, 5.41) is 19.4. The Bertz CT molecular complexity index is 2050. The first-order valence-corrected chi connectivity index (χ1v) is 16.0. The molecule has 0 saturated carbocycles. The van der Waals surface area contributed by atoms with Crippen molar-refractivity contribution in [2.75, 3.05) is 30.8 Å². The maximum Gasteiger partial charge on any atom is 0.255 e. The third-order valence-corrected chi connectivity index (χ3v) is 8.44. The summed E-state index contributed by atoms with van der Waals surface area (Å²) in [4.78, 5) is 30.9. The van der Waals surface area contributed by atoms with Gasteiger partial charge in [0.25, 0.3) is 17.7 Å². The van der Waals surface area contributed by atoms with Crippen molar-refractivity contribution in [1.29, 1.82) is 0 Å². The number of aryl methyl sites for hydroxylation is 1. The number of hydrogen-bond donors (Lipinski definition) is 3. The zero-order valence-corrected chi connectivity index (χ0v) is 26.5. The maximum atomic E-state index is 13.7. The lowest BCUT2D eigenvalue weighted by atomic mass is 9.96. The SMILES string of the molecule is CNC(=O)c1c(-c2ccc(F)cc2)oc2cc(N(CCO)S(C)(=O)=O)c(-c3cccc(C(=O)NC(C)(C)c4nc(C)no4)c3)cc12. The Balaban J connectivity index is 1.71. The summed E-state index contributed by atoms with van der Waals surface area (Å²) in [5.41, 5.74) is 0.900. The van der Waals surface area contributed by atoms with E-state index in [0.717, 1.165) is 10.6 Å². The van der Waals surface area contributed by atoms with Gasteiger partial charge in [0.2, 0.25) is 10.0 Å². The van der Waals surface area contributed by atoms with Gasteiger partial charge in [0, 0.05) is 35.2 Å². The van der Waals surface area contributed by atoms with Crippen molar-refractivity contribution < 1.29 is 36.4 Å². The summed E-state index contributed by atoms with van der Waals surface area (Å²) in [6.45, 7) is 4.33. The predicted octanol–water partition coefficient (Wildman–Crippen LogP) is 4.38. The summed E-state index contributed by atoms with van der Waals surface area (Å²) in [6.07, 6.45) is 1.00. The van der Waals surface area contributed by atoms with E-state index in [9.17, 15) is 27.5 Å². The minimum absolute atomic E-state index is 0.145. The van der Waals surface area contributed by atoms with Crippen LogP contribution in [0.2, 0.25) is 0 Å². The van der Waals surface area contributed by atoms with Crippen LogP contribution in [-0.4, -0.2) is 61.9 Å². The number of rotatable bonds is 10. The fraction of sp³-hybridized carbons (Fsp3) is 0.250. The Hall–Kier alpha value is -5.08. The summed E-state index contributed by atoms with van der Waals surface area (Å²) >= 11 is 0. The quantitative estimate of drug-likeness (QED) is 0.199. The maximum absolute atomic E-state index is 13.7. The molecule has 0 aliphatic rings. The number of sulfonamides is 1. The molecule has 2 aromatic heterocycles. The van der Waals surface area contributed by atoms with Gasteiger partial charge in [0.05, 0.1) is 30.7 Å². The van der Waals surface area contributed by atoms with Gasteiger partial charge in [-0.25, -0.2) is 12.8 Å². The van der Waals surface area contributed by atoms with E-state index in [1.807, 2.05) is 0 Å². The van der Waals surface area contributed by atoms with Crippen molar-refractivity contribution in [3.8, 4) is 22.5 Å². The van der Waals surface area contributed by atoms with Gasteiger partial charge in [-0.1, -0.05) is 17.3 Å². The highest BCUT2D eigenvalue weighted by molar-refractivity contribution is 7.92. The number of halogens is 1. The smallest absolute Gasteiger partial charge is 0.255 e. The molecule has 14 heteroatoms. The van der Waals surface area contributed by atoms with Crippen molar-refractivity contribution in [1.82, 2.24) is 20.8 Å². The van der Waals surface area contributed by atoms with Gasteiger partial charge in [-0.05, 0) is 68.8 Å². The molecule has 5 aromatic rings. The van der Waals surface area contributed by atoms with Crippen LogP contribution in [0.1, 0.15) is 46.3 Å². The van der Waals surface area contributed by atoms with E-state index >= 15 is 0 Å². The van der Waals surface area contributed by atoms with Crippen LogP contribution in [-0.2, 0) is 15.6 Å². The van der Waals surface area contributed by atoms with Gasteiger partial charge >= 0.3 is 0 Å². The second kappa shape index (κ2) is 12.4. The Morgan fingerprint density at radius 3 is 2.37 bits per heavy atom. The summed E-state index contributed by atoms with van der Waals surface area (Å²) in [6, 6.07) is 15.0. The van der Waals surface area contributed by atoms with Crippen molar-refractivity contribution in [3.63, 3.8) is 0 Å². The number of aliphatic hydroxyl groups excluding tert-OH is 1. The number of nitrogens with zero attached hydrogens (tertiary/aromatic N) is 3. The summed E-state index contributed by atoms with van der Waals surface area (Å²) < 4.78 is 52.1. The van der Waals surface area contributed by atoms with Crippen molar-refractivity contribution in [2.45, 2.75) is 26.3 Å². The van der Waals surface area contributed by atoms with E-state index in [0.29, 0.717) is 27.9 Å².